The van der Waals surface area contributed by atoms with Crippen LogP contribution in [-0.2, 0) is 0 Å². The lowest BCUT2D eigenvalue weighted by Gasteiger charge is -2.23. The first-order valence-corrected chi connectivity index (χ1v) is 5.71. The topological polar surface area (TPSA) is 75.3 Å². The fraction of sp³-hybridized carbons (Fsp3) is 0.333. The molecule has 1 aromatic carbocycles. The van der Waals surface area contributed by atoms with E-state index in [1.165, 1.54) is 6.07 Å². The number of phenols is 1. The van der Waals surface area contributed by atoms with Gasteiger partial charge in [0, 0.05) is 18.0 Å². The number of carbonyl (C=O) groups is 1. The molecule has 0 saturated heterocycles. The molecule has 1 rings (SSSR count). The van der Waals surface area contributed by atoms with Gasteiger partial charge >= 0.3 is 0 Å². The van der Waals surface area contributed by atoms with Crippen molar-refractivity contribution in [3.8, 4) is 5.75 Å². The number of phenolic OH excluding ortho intramolecular Hbond substituents is 1. The zero-order valence-corrected chi connectivity index (χ0v) is 11.0. The number of halogens is 1. The molecule has 0 heterocycles. The molecule has 4 N–H and O–H groups in total. The van der Waals surface area contributed by atoms with Crippen molar-refractivity contribution in [3.05, 3.63) is 29.6 Å². The fourth-order valence-electron chi connectivity index (χ4n) is 1.18. The van der Waals surface area contributed by atoms with Crippen LogP contribution < -0.4 is 11.1 Å². The van der Waals surface area contributed by atoms with Gasteiger partial charge in [-0.05, 0) is 12.1 Å². The molecule has 0 spiro atoms. The summed E-state index contributed by atoms with van der Waals surface area (Å²) in [4.78, 5) is 12.1. The number of nitrogens with one attached hydrogen (secondary N) is 1. The zero-order valence-electron chi connectivity index (χ0n) is 10.2. The number of rotatable bonds is 4. The first-order chi connectivity index (χ1) is 8.24. The van der Waals surface area contributed by atoms with Gasteiger partial charge in [-0.3, -0.25) is 4.79 Å². The molecule has 0 saturated carbocycles. The normalized spacial score (nSPS) is 11.1. The molecular formula is C12H15FN2O2S. The smallest absolute Gasteiger partial charge is 0.255 e. The van der Waals surface area contributed by atoms with Gasteiger partial charge in [0.25, 0.3) is 5.91 Å². The summed E-state index contributed by atoms with van der Waals surface area (Å²) in [5.74, 6) is -1.51. The Balaban J connectivity index is 2.75. The molecule has 6 heteroatoms. The summed E-state index contributed by atoms with van der Waals surface area (Å²) in [7, 11) is 0. The molecule has 98 valence electrons. The second-order valence-corrected chi connectivity index (χ2v) is 5.03. The van der Waals surface area contributed by atoms with Gasteiger partial charge in [0.1, 0.15) is 11.6 Å². The number of aromatic hydroxyl groups is 1. The van der Waals surface area contributed by atoms with E-state index in [0.717, 1.165) is 12.1 Å². The van der Waals surface area contributed by atoms with Gasteiger partial charge in [-0.1, -0.05) is 26.1 Å². The minimum absolute atomic E-state index is 0.00939. The molecule has 0 radical (unpaired) electrons. The highest BCUT2D eigenvalue weighted by Gasteiger charge is 2.23. The Morgan fingerprint density at radius 2 is 2.17 bits per heavy atom. The average Bonchev–Trinajstić information content (AvgIpc) is 2.25. The van der Waals surface area contributed by atoms with Crippen LogP contribution in [0.3, 0.4) is 0 Å². The third kappa shape index (κ3) is 3.40. The summed E-state index contributed by atoms with van der Waals surface area (Å²) in [5, 5.41) is 12.0. The van der Waals surface area contributed by atoms with Crippen LogP contribution in [0.2, 0.25) is 0 Å². The van der Waals surface area contributed by atoms with Crippen molar-refractivity contribution in [2.45, 2.75) is 13.8 Å². The van der Waals surface area contributed by atoms with E-state index in [-0.39, 0.29) is 17.1 Å². The average molecular weight is 270 g/mol. The van der Waals surface area contributed by atoms with Crippen molar-refractivity contribution in [2.75, 3.05) is 6.54 Å². The number of hydrogen-bond donors (Lipinski definition) is 3. The molecule has 1 aromatic rings. The van der Waals surface area contributed by atoms with E-state index in [2.05, 4.69) is 5.32 Å². The summed E-state index contributed by atoms with van der Waals surface area (Å²) < 4.78 is 12.8. The summed E-state index contributed by atoms with van der Waals surface area (Å²) in [6, 6.07) is 3.20. The molecule has 0 fully saturated rings. The van der Waals surface area contributed by atoms with E-state index in [1.807, 2.05) is 0 Å². The van der Waals surface area contributed by atoms with Crippen LogP contribution >= 0.6 is 12.2 Å². The van der Waals surface area contributed by atoms with Gasteiger partial charge < -0.3 is 16.2 Å². The monoisotopic (exact) mass is 270 g/mol. The van der Waals surface area contributed by atoms with E-state index >= 15 is 0 Å². The van der Waals surface area contributed by atoms with Crippen LogP contribution in [0.15, 0.2) is 18.2 Å². The largest absolute Gasteiger partial charge is 0.507 e. The Bertz CT molecular complexity index is 489. The zero-order chi connectivity index (χ0) is 13.9. The SMILES string of the molecule is CC(C)(CNC(=O)c1ccc(F)cc1O)C(N)=S. The van der Waals surface area contributed by atoms with Gasteiger partial charge in [0.15, 0.2) is 0 Å². The summed E-state index contributed by atoms with van der Waals surface area (Å²) >= 11 is 4.87. The van der Waals surface area contributed by atoms with Crippen molar-refractivity contribution in [2.24, 2.45) is 11.1 Å². The molecule has 1 amide bonds. The fourth-order valence-corrected chi connectivity index (χ4v) is 1.25. The standard InChI is InChI=1S/C12H15FN2O2S/c1-12(2,11(14)18)6-15-10(17)8-4-3-7(13)5-9(8)16/h3-5,16H,6H2,1-2H3,(H2,14,18)(H,15,17). The maximum atomic E-state index is 12.8. The lowest BCUT2D eigenvalue weighted by atomic mass is 9.93. The first-order valence-electron chi connectivity index (χ1n) is 5.30. The van der Waals surface area contributed by atoms with Crippen molar-refractivity contribution >= 4 is 23.1 Å². The first kappa shape index (κ1) is 14.4. The Hall–Kier alpha value is -1.69. The maximum absolute atomic E-state index is 12.8. The van der Waals surface area contributed by atoms with Crippen molar-refractivity contribution in [1.82, 2.24) is 5.32 Å². The summed E-state index contributed by atoms with van der Waals surface area (Å²) in [5.41, 5.74) is 5.01. The second kappa shape index (κ2) is 5.30. The van der Waals surface area contributed by atoms with Gasteiger partial charge in [0.2, 0.25) is 0 Å². The van der Waals surface area contributed by atoms with E-state index in [4.69, 9.17) is 18.0 Å². The highest BCUT2D eigenvalue weighted by Crippen LogP contribution is 2.19. The Morgan fingerprint density at radius 3 is 2.67 bits per heavy atom. The molecule has 0 atom stereocenters. The molecule has 18 heavy (non-hydrogen) atoms. The summed E-state index contributed by atoms with van der Waals surface area (Å²) in [6.07, 6.45) is 0. The van der Waals surface area contributed by atoms with Crippen LogP contribution in [0, 0.1) is 11.2 Å². The van der Waals surface area contributed by atoms with Crippen molar-refractivity contribution in [1.29, 1.82) is 0 Å². The molecule has 0 aliphatic heterocycles. The Morgan fingerprint density at radius 1 is 1.56 bits per heavy atom. The molecular weight excluding hydrogens is 255 g/mol. The van der Waals surface area contributed by atoms with Gasteiger partial charge in [0.05, 0.1) is 10.6 Å². The van der Waals surface area contributed by atoms with Crippen molar-refractivity contribution in [3.63, 3.8) is 0 Å². The third-order valence-corrected chi connectivity index (χ3v) is 3.11. The minimum Gasteiger partial charge on any atom is -0.507 e. The maximum Gasteiger partial charge on any atom is 0.255 e. The Kier molecular flexibility index (Phi) is 4.24. The van der Waals surface area contributed by atoms with E-state index < -0.39 is 22.9 Å². The number of carbonyl (C=O) groups excluding carboxylic acids is 1. The predicted molar refractivity (Wildman–Crippen MR) is 71.0 cm³/mol. The van der Waals surface area contributed by atoms with Crippen molar-refractivity contribution < 1.29 is 14.3 Å². The predicted octanol–water partition coefficient (Wildman–Crippen LogP) is 1.57. The van der Waals surface area contributed by atoms with Crippen LogP contribution in [0.1, 0.15) is 24.2 Å². The molecule has 0 unspecified atom stereocenters. The molecule has 0 bridgehead atoms. The van der Waals surface area contributed by atoms with Gasteiger partial charge in [-0.2, -0.15) is 0 Å². The number of nitrogens with two attached hydrogens (primary N) is 1. The van der Waals surface area contributed by atoms with E-state index in [0.29, 0.717) is 0 Å². The molecule has 4 nitrogen and oxygen atoms in total. The molecule has 0 aliphatic carbocycles. The van der Waals surface area contributed by atoms with Crippen LogP contribution in [0.5, 0.6) is 5.75 Å². The number of thiocarbonyl (C=S) groups is 1. The number of hydrogen-bond acceptors (Lipinski definition) is 3. The molecule has 0 aliphatic rings. The third-order valence-electron chi connectivity index (χ3n) is 2.56. The van der Waals surface area contributed by atoms with E-state index in [1.54, 1.807) is 13.8 Å². The second-order valence-electron chi connectivity index (χ2n) is 4.59. The lowest BCUT2D eigenvalue weighted by Crippen LogP contribution is -2.41. The summed E-state index contributed by atoms with van der Waals surface area (Å²) in [6.45, 7) is 3.82. The lowest BCUT2D eigenvalue weighted by molar-refractivity contribution is 0.0942. The quantitative estimate of drug-likeness (QED) is 0.726. The van der Waals surface area contributed by atoms with Gasteiger partial charge in [-0.15, -0.1) is 0 Å². The molecule has 0 aromatic heterocycles. The number of benzene rings is 1. The van der Waals surface area contributed by atoms with Crippen LogP contribution in [0.4, 0.5) is 4.39 Å². The van der Waals surface area contributed by atoms with Gasteiger partial charge in [-0.25, -0.2) is 4.39 Å². The number of amides is 1. The van der Waals surface area contributed by atoms with Crippen LogP contribution in [0.25, 0.3) is 0 Å². The minimum atomic E-state index is -0.604. The van der Waals surface area contributed by atoms with Crippen LogP contribution in [-0.4, -0.2) is 22.5 Å². The highest BCUT2D eigenvalue weighted by molar-refractivity contribution is 7.80. The van der Waals surface area contributed by atoms with E-state index in [9.17, 15) is 14.3 Å². The highest BCUT2D eigenvalue weighted by atomic mass is 32.1. The Labute approximate surface area is 110 Å².